The molecule has 0 bridgehead atoms. The number of phosphoric ester groups is 1. The van der Waals surface area contributed by atoms with Crippen molar-refractivity contribution in [1.82, 2.24) is 5.32 Å². The van der Waals surface area contributed by atoms with Gasteiger partial charge in [0.15, 0.2) is 0 Å². The highest BCUT2D eigenvalue weighted by Crippen LogP contribution is 2.38. The number of likely N-dealkylation sites (N-methyl/N-ethyl adjacent to an activating group) is 1. The van der Waals surface area contributed by atoms with Crippen LogP contribution in [0.15, 0.2) is 48.6 Å². The molecule has 3 atom stereocenters. The van der Waals surface area contributed by atoms with Gasteiger partial charge in [-0.05, 0) is 89.5 Å². The van der Waals surface area contributed by atoms with Gasteiger partial charge in [0.05, 0.1) is 33.8 Å². The van der Waals surface area contributed by atoms with Crippen LogP contribution in [0.3, 0.4) is 0 Å². The van der Waals surface area contributed by atoms with Crippen LogP contribution >= 0.6 is 7.82 Å². The number of nitrogens with one attached hydrogen (secondary N) is 1. The molecule has 9 nitrogen and oxygen atoms in total. The fourth-order valence-electron chi connectivity index (χ4n) is 9.25. The van der Waals surface area contributed by atoms with Gasteiger partial charge in [0, 0.05) is 12.8 Å². The maximum atomic E-state index is 13.5. The van der Waals surface area contributed by atoms with Crippen LogP contribution in [-0.2, 0) is 27.9 Å². The number of quaternary nitrogens is 1. The Morgan fingerprint density at radius 3 is 1.25 bits per heavy atom. The van der Waals surface area contributed by atoms with Gasteiger partial charge in [0.25, 0.3) is 7.82 Å². The lowest BCUT2D eigenvalue weighted by Gasteiger charge is -2.30. The molecule has 3 unspecified atom stereocenters. The number of carbonyl (C=O) groups excluding carboxylic acids is 2. The van der Waals surface area contributed by atoms with Crippen molar-refractivity contribution in [2.24, 2.45) is 0 Å². The molecule has 0 aromatic carbocycles. The van der Waals surface area contributed by atoms with Gasteiger partial charge in [0.1, 0.15) is 19.3 Å². The van der Waals surface area contributed by atoms with Crippen LogP contribution in [0.1, 0.15) is 303 Å². The minimum Gasteiger partial charge on any atom is -0.756 e. The number of rotatable bonds is 58. The largest absolute Gasteiger partial charge is 0.756 e. The van der Waals surface area contributed by atoms with Crippen LogP contribution in [0.5, 0.6) is 0 Å². The van der Waals surface area contributed by atoms with Gasteiger partial charge in [-0.2, -0.15) is 0 Å². The Hall–Kier alpha value is -2.03. The van der Waals surface area contributed by atoms with Crippen molar-refractivity contribution < 1.29 is 37.3 Å². The second-order valence-corrected chi connectivity index (χ2v) is 24.3. The molecule has 0 aromatic heterocycles. The lowest BCUT2D eigenvalue weighted by Crippen LogP contribution is -2.47. The molecule has 0 aliphatic carbocycles. The molecule has 0 radical (unpaired) electrons. The van der Waals surface area contributed by atoms with Gasteiger partial charge >= 0.3 is 5.97 Å². The van der Waals surface area contributed by atoms with Crippen LogP contribution in [0, 0.1) is 0 Å². The molecule has 440 valence electrons. The second-order valence-electron chi connectivity index (χ2n) is 22.9. The Labute approximate surface area is 465 Å². The van der Waals surface area contributed by atoms with Crippen molar-refractivity contribution in [1.29, 1.82) is 0 Å². The van der Waals surface area contributed by atoms with E-state index >= 15 is 0 Å². The Kier molecular flexibility index (Phi) is 53.8. The summed E-state index contributed by atoms with van der Waals surface area (Å²) in [6.45, 7) is 6.81. The summed E-state index contributed by atoms with van der Waals surface area (Å²) in [5, 5.41) is 3.02. The first kappa shape index (κ1) is 73.0. The molecule has 75 heavy (non-hydrogen) atoms. The van der Waals surface area contributed by atoms with Crippen molar-refractivity contribution in [2.45, 2.75) is 315 Å². The zero-order valence-electron chi connectivity index (χ0n) is 50.3. The van der Waals surface area contributed by atoms with Gasteiger partial charge in [-0.15, -0.1) is 0 Å². The summed E-state index contributed by atoms with van der Waals surface area (Å²) in [5.41, 5.74) is 0. The number of ether oxygens (including phenoxy) is 1. The quantitative estimate of drug-likeness (QED) is 0.0212. The Morgan fingerprint density at radius 2 is 0.813 bits per heavy atom. The molecular formula is C65H123N2O7P. The molecule has 10 heteroatoms. The molecule has 0 heterocycles. The van der Waals surface area contributed by atoms with Gasteiger partial charge in [-0.3, -0.25) is 14.2 Å². The normalized spacial score (nSPS) is 14.0. The molecule has 0 aliphatic rings. The van der Waals surface area contributed by atoms with E-state index in [1.807, 2.05) is 33.3 Å². The van der Waals surface area contributed by atoms with Gasteiger partial charge in [-0.25, -0.2) is 0 Å². The van der Waals surface area contributed by atoms with Crippen molar-refractivity contribution in [3.05, 3.63) is 48.6 Å². The maximum absolute atomic E-state index is 13.5. The summed E-state index contributed by atoms with van der Waals surface area (Å²) < 4.78 is 30.3. The van der Waals surface area contributed by atoms with Crippen molar-refractivity contribution >= 4 is 19.7 Å². The lowest BCUT2D eigenvalue weighted by atomic mass is 10.0. The standard InChI is InChI=1S/C65H123N2O7P/c1-7-10-13-16-19-22-25-27-28-29-30-31-32-33-34-35-36-37-38-40-43-46-49-52-55-58-65(69)74-63(56-53-50-47-44-41-24-21-18-15-12-9-3)62(61-73-75(70,71)72-60-59-67(4,5)6)66-64(68)57-54-51-48-45-42-39-26-23-20-17-14-11-8-2/h19,22,27-28,39,42,53,56,62-63H,7-18,20-21,23-26,29-38,40-41,43-52,54-55,57-61H2,1-6H3,(H-,66,68,70,71)/b22-19-,28-27-,42-39-,56-53-. The zero-order chi connectivity index (χ0) is 55.0. The zero-order valence-corrected chi connectivity index (χ0v) is 51.2. The minimum atomic E-state index is -4.70. The Bertz CT molecular complexity index is 1420. The molecule has 0 saturated carbocycles. The van der Waals surface area contributed by atoms with E-state index in [1.54, 1.807) is 0 Å². The SMILES string of the molecule is CCCCC/C=C\C/C=C\CCCCCCCCCCCCCCCCCC(=O)OC(/C=C\CCCCCCCCCCC)C(COP(=O)([O-])OCC[N+](C)(C)C)NC(=O)CCCCC/C=C\CCCCCCCC. The van der Waals surface area contributed by atoms with E-state index in [2.05, 4.69) is 62.5 Å². The molecule has 0 fully saturated rings. The molecule has 1 amide bonds. The number of phosphoric acid groups is 1. The predicted molar refractivity (Wildman–Crippen MR) is 321 cm³/mol. The van der Waals surface area contributed by atoms with Crippen LogP contribution < -0.4 is 10.2 Å². The first-order chi connectivity index (χ1) is 36.4. The summed E-state index contributed by atoms with van der Waals surface area (Å²) >= 11 is 0. The van der Waals surface area contributed by atoms with E-state index in [0.717, 1.165) is 77.0 Å². The number of nitrogens with zero attached hydrogens (tertiary/aromatic N) is 1. The average molecular weight is 1080 g/mol. The number of amides is 1. The first-order valence-corrected chi connectivity index (χ1v) is 33.4. The number of hydrogen-bond acceptors (Lipinski definition) is 7. The molecule has 1 N–H and O–H groups in total. The molecule has 0 aliphatic heterocycles. The van der Waals surface area contributed by atoms with Gasteiger partial charge in [-0.1, -0.05) is 250 Å². The van der Waals surface area contributed by atoms with E-state index < -0.39 is 26.6 Å². The highest BCUT2D eigenvalue weighted by Gasteiger charge is 2.27. The minimum absolute atomic E-state index is 0.0240. The third-order valence-electron chi connectivity index (χ3n) is 14.2. The summed E-state index contributed by atoms with van der Waals surface area (Å²) in [4.78, 5) is 39.9. The van der Waals surface area contributed by atoms with E-state index in [9.17, 15) is 19.0 Å². The number of unbranched alkanes of at least 4 members (excludes halogenated alkanes) is 36. The Balaban J connectivity index is 5.05. The van der Waals surface area contributed by atoms with E-state index in [1.165, 1.54) is 193 Å². The smallest absolute Gasteiger partial charge is 0.306 e. The molecular weight excluding hydrogens is 952 g/mol. The van der Waals surface area contributed by atoms with E-state index in [4.69, 9.17) is 13.8 Å². The van der Waals surface area contributed by atoms with Crippen LogP contribution in [0.4, 0.5) is 0 Å². The highest BCUT2D eigenvalue weighted by atomic mass is 31.2. The number of carbonyl (C=O) groups is 2. The first-order valence-electron chi connectivity index (χ1n) is 31.9. The molecule has 0 aromatic rings. The maximum Gasteiger partial charge on any atom is 0.306 e. The van der Waals surface area contributed by atoms with Crippen LogP contribution in [0.25, 0.3) is 0 Å². The summed E-state index contributed by atoms with van der Waals surface area (Å²) in [6.07, 6.45) is 68.0. The second kappa shape index (κ2) is 55.3. The highest BCUT2D eigenvalue weighted by molar-refractivity contribution is 7.45. The average Bonchev–Trinajstić information content (AvgIpc) is 3.37. The third kappa shape index (κ3) is 56.5. The summed E-state index contributed by atoms with van der Waals surface area (Å²) in [5.74, 6) is -0.551. The van der Waals surface area contributed by atoms with Crippen molar-refractivity contribution in [3.8, 4) is 0 Å². The topological polar surface area (TPSA) is 114 Å². The lowest BCUT2D eigenvalue weighted by molar-refractivity contribution is -0.870. The fourth-order valence-corrected chi connectivity index (χ4v) is 9.98. The number of allylic oxidation sites excluding steroid dienone is 7. The van der Waals surface area contributed by atoms with Gasteiger partial charge in [0.2, 0.25) is 5.91 Å². The molecule has 0 saturated heterocycles. The third-order valence-corrected chi connectivity index (χ3v) is 15.2. The number of esters is 1. The van der Waals surface area contributed by atoms with Crippen molar-refractivity contribution in [3.63, 3.8) is 0 Å². The van der Waals surface area contributed by atoms with Crippen LogP contribution in [-0.4, -0.2) is 69.4 Å². The van der Waals surface area contributed by atoms with Gasteiger partial charge < -0.3 is 28.5 Å². The van der Waals surface area contributed by atoms with Crippen molar-refractivity contribution in [2.75, 3.05) is 40.9 Å². The Morgan fingerprint density at radius 1 is 0.467 bits per heavy atom. The van der Waals surface area contributed by atoms with E-state index in [-0.39, 0.29) is 24.9 Å². The number of hydrogen-bond donors (Lipinski definition) is 1. The van der Waals surface area contributed by atoms with Crippen LogP contribution in [0.2, 0.25) is 0 Å². The van der Waals surface area contributed by atoms with E-state index in [0.29, 0.717) is 17.4 Å². The summed E-state index contributed by atoms with van der Waals surface area (Å²) in [6, 6.07) is -0.893. The molecule has 0 rings (SSSR count). The summed E-state index contributed by atoms with van der Waals surface area (Å²) in [7, 11) is 1.18. The fraction of sp³-hybridized carbons (Fsp3) is 0.846. The predicted octanol–water partition coefficient (Wildman–Crippen LogP) is 19.0. The monoisotopic (exact) mass is 1070 g/mol. The molecule has 0 spiro atoms.